The molecule has 1 aliphatic rings. The van der Waals surface area contributed by atoms with Gasteiger partial charge in [-0.05, 0) is 75.0 Å². The van der Waals surface area contributed by atoms with Gasteiger partial charge in [-0.15, -0.1) is 0 Å². The first-order valence-electron chi connectivity index (χ1n) is 10.9. The molecule has 2 amide bonds. The molecule has 3 aromatic rings. The van der Waals surface area contributed by atoms with Crippen LogP contribution in [0.4, 0.5) is 5.69 Å². The number of para-hydroxylation sites is 1. The molecule has 35 heavy (non-hydrogen) atoms. The Morgan fingerprint density at radius 3 is 2.57 bits per heavy atom. The molecular formula is C26H23N3O5S. The molecule has 9 heteroatoms. The van der Waals surface area contributed by atoms with Crippen LogP contribution >= 0.6 is 12.2 Å². The molecule has 1 fully saturated rings. The number of carbonyl (C=O) groups is 3. The summed E-state index contributed by atoms with van der Waals surface area (Å²) < 4.78 is 7.31. The number of aromatic carboxylic acids is 1. The number of hydrogen-bond donors (Lipinski definition) is 2. The van der Waals surface area contributed by atoms with Crippen LogP contribution in [0.15, 0.2) is 60.2 Å². The third kappa shape index (κ3) is 4.45. The third-order valence-corrected chi connectivity index (χ3v) is 5.92. The number of benzene rings is 2. The lowest BCUT2D eigenvalue weighted by Gasteiger charge is -2.29. The molecule has 1 aromatic heterocycles. The molecule has 1 saturated heterocycles. The van der Waals surface area contributed by atoms with Gasteiger partial charge >= 0.3 is 5.97 Å². The molecular weight excluding hydrogens is 466 g/mol. The second-order valence-electron chi connectivity index (χ2n) is 7.87. The van der Waals surface area contributed by atoms with Crippen LogP contribution in [0.2, 0.25) is 0 Å². The monoisotopic (exact) mass is 489 g/mol. The van der Waals surface area contributed by atoms with Gasteiger partial charge in [0, 0.05) is 17.5 Å². The molecule has 0 atom stereocenters. The fourth-order valence-electron chi connectivity index (χ4n) is 4.08. The summed E-state index contributed by atoms with van der Waals surface area (Å²) in [6.45, 7) is 5.95. The number of aromatic nitrogens is 1. The maximum atomic E-state index is 13.4. The van der Waals surface area contributed by atoms with Crippen molar-refractivity contribution >= 4 is 46.9 Å². The van der Waals surface area contributed by atoms with Crippen LogP contribution in [-0.2, 0) is 9.59 Å². The molecule has 0 spiro atoms. The summed E-state index contributed by atoms with van der Waals surface area (Å²) in [6.07, 6.45) is 1.50. The number of hydrogen-bond acceptors (Lipinski definition) is 5. The van der Waals surface area contributed by atoms with Gasteiger partial charge in [0.1, 0.15) is 11.3 Å². The minimum atomic E-state index is -1.05. The molecule has 1 aliphatic heterocycles. The van der Waals surface area contributed by atoms with Crippen molar-refractivity contribution in [1.29, 1.82) is 0 Å². The van der Waals surface area contributed by atoms with Crippen molar-refractivity contribution in [2.75, 3.05) is 11.5 Å². The minimum Gasteiger partial charge on any atom is -0.494 e. The van der Waals surface area contributed by atoms with Crippen LogP contribution in [0.1, 0.15) is 34.2 Å². The van der Waals surface area contributed by atoms with Crippen LogP contribution in [0.3, 0.4) is 0 Å². The van der Waals surface area contributed by atoms with E-state index in [-0.39, 0.29) is 16.2 Å². The predicted octanol–water partition coefficient (Wildman–Crippen LogP) is 4.02. The lowest BCUT2D eigenvalue weighted by molar-refractivity contribution is -0.122. The fourth-order valence-corrected chi connectivity index (χ4v) is 4.36. The SMILES string of the molecule is CCOc1cccc(N2C(=O)/C(=C/c3cc(C)n(-c4ccccc4C(=O)O)c3C)C(=O)NC2=S)c1. The average Bonchev–Trinajstić information content (AvgIpc) is 3.09. The Labute approximate surface area is 207 Å². The van der Waals surface area contributed by atoms with Gasteiger partial charge in [0.25, 0.3) is 11.8 Å². The van der Waals surface area contributed by atoms with Crippen LogP contribution in [-0.4, -0.2) is 39.2 Å². The number of nitrogens with one attached hydrogen (secondary N) is 1. The van der Waals surface area contributed by atoms with E-state index in [1.54, 1.807) is 60.0 Å². The zero-order valence-electron chi connectivity index (χ0n) is 19.4. The summed E-state index contributed by atoms with van der Waals surface area (Å²) in [7, 11) is 0. The van der Waals surface area contributed by atoms with Gasteiger partial charge in [-0.2, -0.15) is 0 Å². The second-order valence-corrected chi connectivity index (χ2v) is 8.26. The van der Waals surface area contributed by atoms with Gasteiger partial charge in [-0.3, -0.25) is 19.8 Å². The maximum Gasteiger partial charge on any atom is 0.337 e. The number of rotatable bonds is 6. The summed E-state index contributed by atoms with van der Waals surface area (Å²) >= 11 is 5.29. The highest BCUT2D eigenvalue weighted by Crippen LogP contribution is 2.28. The Morgan fingerprint density at radius 2 is 1.86 bits per heavy atom. The van der Waals surface area contributed by atoms with Crippen LogP contribution in [0.5, 0.6) is 5.75 Å². The van der Waals surface area contributed by atoms with Crippen LogP contribution in [0, 0.1) is 13.8 Å². The lowest BCUT2D eigenvalue weighted by atomic mass is 10.1. The quantitative estimate of drug-likeness (QED) is 0.308. The highest BCUT2D eigenvalue weighted by molar-refractivity contribution is 7.80. The number of carboxylic acid groups (broad SMARTS) is 1. The van der Waals surface area contributed by atoms with E-state index >= 15 is 0 Å². The van der Waals surface area contributed by atoms with Gasteiger partial charge < -0.3 is 14.4 Å². The number of amides is 2. The summed E-state index contributed by atoms with van der Waals surface area (Å²) in [5.41, 5.74) is 3.06. The second kappa shape index (κ2) is 9.55. The Morgan fingerprint density at radius 1 is 1.11 bits per heavy atom. The van der Waals surface area contributed by atoms with Gasteiger partial charge in [0.2, 0.25) is 0 Å². The standard InChI is InChI=1S/C26H23N3O5S/c1-4-34-19-9-7-8-18(14-19)29-24(31)21(23(30)27-26(29)35)13-17-12-15(2)28(16(17)3)22-11-6-5-10-20(22)25(32)33/h5-14H,4H2,1-3H3,(H,32,33)(H,27,30,35)/b21-13+. The average molecular weight is 490 g/mol. The van der Waals surface area contributed by atoms with E-state index in [1.807, 2.05) is 13.8 Å². The highest BCUT2D eigenvalue weighted by Gasteiger charge is 2.35. The first kappa shape index (κ1) is 23.9. The molecule has 178 valence electrons. The minimum absolute atomic E-state index is 0.0216. The molecule has 0 bridgehead atoms. The van der Waals surface area contributed by atoms with Crippen molar-refractivity contribution in [2.24, 2.45) is 0 Å². The molecule has 2 N–H and O–H groups in total. The van der Waals surface area contributed by atoms with Gasteiger partial charge in [0.05, 0.1) is 23.5 Å². The molecule has 0 unspecified atom stereocenters. The number of aryl methyl sites for hydroxylation is 1. The van der Waals surface area contributed by atoms with Crippen molar-refractivity contribution in [3.63, 3.8) is 0 Å². The summed E-state index contributed by atoms with van der Waals surface area (Å²) in [4.78, 5) is 39.2. The number of carboxylic acids is 1. The Hall–Kier alpha value is -4.24. The Bertz CT molecular complexity index is 1410. The molecule has 8 nitrogen and oxygen atoms in total. The van der Waals surface area contributed by atoms with E-state index in [0.717, 1.165) is 5.69 Å². The Kier molecular flexibility index (Phi) is 6.52. The smallest absolute Gasteiger partial charge is 0.337 e. The van der Waals surface area contributed by atoms with Gasteiger partial charge in [0.15, 0.2) is 5.11 Å². The number of thiocarbonyl (C=S) groups is 1. The normalized spacial score (nSPS) is 14.9. The van der Waals surface area contributed by atoms with Crippen molar-refractivity contribution < 1.29 is 24.2 Å². The van der Waals surface area contributed by atoms with Crippen LogP contribution in [0.25, 0.3) is 11.8 Å². The molecule has 2 heterocycles. The van der Waals surface area contributed by atoms with Crippen molar-refractivity contribution in [1.82, 2.24) is 9.88 Å². The van der Waals surface area contributed by atoms with E-state index in [1.165, 1.54) is 17.0 Å². The Balaban J connectivity index is 1.77. The summed E-state index contributed by atoms with van der Waals surface area (Å²) in [5, 5.41) is 12.2. The summed E-state index contributed by atoms with van der Waals surface area (Å²) in [5.74, 6) is -1.65. The third-order valence-electron chi connectivity index (χ3n) is 5.63. The van der Waals surface area contributed by atoms with E-state index in [0.29, 0.717) is 35.0 Å². The van der Waals surface area contributed by atoms with Gasteiger partial charge in [-0.1, -0.05) is 18.2 Å². The zero-order chi connectivity index (χ0) is 25.3. The van der Waals surface area contributed by atoms with Gasteiger partial charge in [-0.25, -0.2) is 4.79 Å². The first-order chi connectivity index (χ1) is 16.7. The topological polar surface area (TPSA) is 101 Å². The van der Waals surface area contributed by atoms with E-state index in [4.69, 9.17) is 17.0 Å². The number of carbonyl (C=O) groups excluding carboxylic acids is 2. The predicted molar refractivity (Wildman–Crippen MR) is 136 cm³/mol. The maximum absolute atomic E-state index is 13.4. The van der Waals surface area contributed by atoms with E-state index in [2.05, 4.69) is 5.32 Å². The fraction of sp³-hybridized carbons (Fsp3) is 0.154. The molecule has 2 aromatic carbocycles. The summed E-state index contributed by atoms with van der Waals surface area (Å²) in [6, 6.07) is 15.3. The molecule has 0 saturated carbocycles. The van der Waals surface area contributed by atoms with Crippen LogP contribution < -0.4 is 15.0 Å². The zero-order valence-corrected chi connectivity index (χ0v) is 20.2. The largest absolute Gasteiger partial charge is 0.494 e. The number of ether oxygens (including phenoxy) is 1. The first-order valence-corrected chi connectivity index (χ1v) is 11.3. The van der Waals surface area contributed by atoms with E-state index in [9.17, 15) is 19.5 Å². The number of anilines is 1. The number of nitrogens with zero attached hydrogens (tertiary/aromatic N) is 2. The van der Waals surface area contributed by atoms with E-state index < -0.39 is 17.8 Å². The van der Waals surface area contributed by atoms with Crippen molar-refractivity contribution in [3.8, 4) is 11.4 Å². The van der Waals surface area contributed by atoms with Crippen molar-refractivity contribution in [2.45, 2.75) is 20.8 Å². The lowest BCUT2D eigenvalue weighted by Crippen LogP contribution is -2.54. The molecule has 0 radical (unpaired) electrons. The molecule has 0 aliphatic carbocycles. The highest BCUT2D eigenvalue weighted by atomic mass is 32.1. The van der Waals surface area contributed by atoms with Crippen molar-refractivity contribution in [3.05, 3.63) is 82.7 Å². The molecule has 4 rings (SSSR count).